The Kier molecular flexibility index (Phi) is 4.70. The molecule has 22 heavy (non-hydrogen) atoms. The van der Waals surface area contributed by atoms with Crippen LogP contribution in [-0.2, 0) is 4.74 Å². The third kappa shape index (κ3) is 4.16. The maximum atomic E-state index is 13.3. The van der Waals surface area contributed by atoms with Crippen LogP contribution in [0.25, 0.3) is 0 Å². The Balaban J connectivity index is 2.02. The maximum absolute atomic E-state index is 13.3. The molecule has 0 bridgehead atoms. The lowest BCUT2D eigenvalue weighted by atomic mass is 9.93. The van der Waals surface area contributed by atoms with Crippen LogP contribution in [0.5, 0.6) is 0 Å². The average molecular weight is 312 g/mol. The molecule has 1 aliphatic heterocycles. The van der Waals surface area contributed by atoms with Crippen molar-refractivity contribution in [3.8, 4) is 0 Å². The van der Waals surface area contributed by atoms with Crippen LogP contribution in [0, 0.1) is 17.6 Å². The van der Waals surface area contributed by atoms with E-state index in [9.17, 15) is 13.6 Å². The van der Waals surface area contributed by atoms with E-state index < -0.39 is 23.3 Å². The number of benzene rings is 1. The van der Waals surface area contributed by atoms with Crippen molar-refractivity contribution in [2.24, 2.45) is 11.7 Å². The lowest BCUT2D eigenvalue weighted by Gasteiger charge is -2.25. The molecule has 2 rings (SSSR count). The molecule has 1 aliphatic rings. The van der Waals surface area contributed by atoms with Crippen molar-refractivity contribution in [3.63, 3.8) is 0 Å². The lowest BCUT2D eigenvalue weighted by molar-refractivity contribution is 0.0286. The molecule has 1 saturated heterocycles. The van der Waals surface area contributed by atoms with E-state index in [1.807, 2.05) is 0 Å². The second-order valence-electron chi connectivity index (χ2n) is 6.70. The van der Waals surface area contributed by atoms with E-state index in [0.717, 1.165) is 6.07 Å². The minimum atomic E-state index is -0.646. The molecule has 1 aromatic carbocycles. The molecule has 2 N–H and O–H groups in total. The van der Waals surface area contributed by atoms with Gasteiger partial charge in [-0.1, -0.05) is 0 Å². The van der Waals surface area contributed by atoms with Gasteiger partial charge in [-0.05, 0) is 50.8 Å². The smallest absolute Gasteiger partial charge is 0.410 e. The van der Waals surface area contributed by atoms with Crippen molar-refractivity contribution in [1.29, 1.82) is 0 Å². The molecule has 0 aromatic heterocycles. The first-order valence-corrected chi connectivity index (χ1v) is 7.35. The highest BCUT2D eigenvalue weighted by Crippen LogP contribution is 2.29. The van der Waals surface area contributed by atoms with Crippen molar-refractivity contribution in [1.82, 2.24) is 4.90 Å². The Labute approximate surface area is 129 Å². The van der Waals surface area contributed by atoms with E-state index in [2.05, 4.69) is 0 Å². The number of amides is 1. The van der Waals surface area contributed by atoms with Crippen LogP contribution in [0.2, 0.25) is 0 Å². The highest BCUT2D eigenvalue weighted by atomic mass is 19.1. The Morgan fingerprint density at radius 2 is 1.91 bits per heavy atom. The molecule has 6 heteroatoms. The van der Waals surface area contributed by atoms with Crippen molar-refractivity contribution in [3.05, 3.63) is 35.4 Å². The monoisotopic (exact) mass is 312 g/mol. The van der Waals surface area contributed by atoms with Gasteiger partial charge in [-0.2, -0.15) is 0 Å². The number of carbonyl (C=O) groups is 1. The van der Waals surface area contributed by atoms with Crippen molar-refractivity contribution in [2.45, 2.75) is 38.8 Å². The van der Waals surface area contributed by atoms with Crippen LogP contribution in [-0.4, -0.2) is 29.7 Å². The highest BCUT2D eigenvalue weighted by molar-refractivity contribution is 5.68. The SMILES string of the molecule is CC(C)(C)OC(=O)N1CCC(C(N)c2cc(F)cc(F)c2)C1. The predicted octanol–water partition coefficient (Wildman–Crippen LogP) is 3.22. The Bertz CT molecular complexity index is 537. The topological polar surface area (TPSA) is 55.6 Å². The first-order valence-electron chi connectivity index (χ1n) is 7.35. The van der Waals surface area contributed by atoms with Crippen LogP contribution in [0.1, 0.15) is 38.8 Å². The number of halogens is 2. The summed E-state index contributed by atoms with van der Waals surface area (Å²) in [5.41, 5.74) is 5.97. The number of nitrogens with two attached hydrogens (primary N) is 1. The van der Waals surface area contributed by atoms with Crippen molar-refractivity contribution in [2.75, 3.05) is 13.1 Å². The summed E-state index contributed by atoms with van der Waals surface area (Å²) in [5, 5.41) is 0. The second kappa shape index (κ2) is 6.20. The highest BCUT2D eigenvalue weighted by Gasteiger charge is 2.33. The van der Waals surface area contributed by atoms with Crippen molar-refractivity contribution < 1.29 is 18.3 Å². The zero-order valence-corrected chi connectivity index (χ0v) is 13.1. The fourth-order valence-corrected chi connectivity index (χ4v) is 2.61. The van der Waals surface area contributed by atoms with Gasteiger partial charge in [0.05, 0.1) is 0 Å². The van der Waals surface area contributed by atoms with E-state index in [4.69, 9.17) is 10.5 Å². The third-order valence-electron chi connectivity index (χ3n) is 3.65. The summed E-state index contributed by atoms with van der Waals surface area (Å²) in [5.74, 6) is -1.34. The summed E-state index contributed by atoms with van der Waals surface area (Å²) in [4.78, 5) is 13.6. The Morgan fingerprint density at radius 1 is 1.32 bits per heavy atom. The number of likely N-dealkylation sites (tertiary alicyclic amines) is 1. The molecule has 1 heterocycles. The van der Waals surface area contributed by atoms with Crippen LogP contribution >= 0.6 is 0 Å². The molecule has 0 saturated carbocycles. The van der Waals surface area contributed by atoms with Gasteiger partial charge in [0.25, 0.3) is 0 Å². The predicted molar refractivity (Wildman–Crippen MR) is 79.2 cm³/mol. The van der Waals surface area contributed by atoms with E-state index in [-0.39, 0.29) is 12.0 Å². The van der Waals surface area contributed by atoms with Gasteiger partial charge >= 0.3 is 6.09 Å². The molecular formula is C16H22F2N2O2. The quantitative estimate of drug-likeness (QED) is 0.912. The molecule has 4 nitrogen and oxygen atoms in total. The third-order valence-corrected chi connectivity index (χ3v) is 3.65. The summed E-state index contributed by atoms with van der Waals surface area (Å²) in [6.07, 6.45) is 0.297. The number of hydrogen-bond donors (Lipinski definition) is 1. The molecule has 2 atom stereocenters. The molecule has 0 radical (unpaired) electrons. The second-order valence-corrected chi connectivity index (χ2v) is 6.70. The van der Waals surface area contributed by atoms with Crippen LogP contribution < -0.4 is 5.73 Å². The van der Waals surface area contributed by atoms with E-state index in [1.54, 1.807) is 25.7 Å². The minimum absolute atomic E-state index is 0.0475. The van der Waals surface area contributed by atoms with Gasteiger partial charge in [-0.15, -0.1) is 0 Å². The molecule has 1 aromatic rings. The van der Waals surface area contributed by atoms with Crippen LogP contribution in [0.15, 0.2) is 18.2 Å². The summed E-state index contributed by atoms with van der Waals surface area (Å²) < 4.78 is 31.9. The normalized spacial score (nSPS) is 20.1. The average Bonchev–Trinajstić information content (AvgIpc) is 2.84. The first-order chi connectivity index (χ1) is 10.2. The number of ether oxygens (including phenoxy) is 1. The van der Waals surface area contributed by atoms with Gasteiger partial charge in [0.15, 0.2) is 0 Å². The van der Waals surface area contributed by atoms with Crippen LogP contribution in [0.3, 0.4) is 0 Å². The Morgan fingerprint density at radius 3 is 2.45 bits per heavy atom. The maximum Gasteiger partial charge on any atom is 0.410 e. The molecule has 1 amide bonds. The first kappa shape index (κ1) is 16.7. The molecule has 0 aliphatic carbocycles. The summed E-state index contributed by atoms with van der Waals surface area (Å²) in [7, 11) is 0. The van der Waals surface area contributed by atoms with E-state index in [1.165, 1.54) is 12.1 Å². The molecule has 1 fully saturated rings. The standard InChI is InChI=1S/C16H22F2N2O2/c1-16(2,3)22-15(21)20-5-4-10(9-20)14(19)11-6-12(17)8-13(18)7-11/h6-8,10,14H,4-5,9,19H2,1-3H3. The van der Waals surface area contributed by atoms with Gasteiger partial charge in [0, 0.05) is 25.2 Å². The van der Waals surface area contributed by atoms with Gasteiger partial charge in [0.1, 0.15) is 17.2 Å². The summed E-state index contributed by atoms with van der Waals surface area (Å²) in [6.45, 7) is 6.37. The minimum Gasteiger partial charge on any atom is -0.444 e. The number of hydrogen-bond acceptors (Lipinski definition) is 3. The summed E-state index contributed by atoms with van der Waals surface area (Å²) in [6, 6.07) is 2.78. The zero-order valence-electron chi connectivity index (χ0n) is 13.1. The van der Waals surface area contributed by atoms with E-state index >= 15 is 0 Å². The molecule has 2 unspecified atom stereocenters. The molecule has 122 valence electrons. The zero-order chi connectivity index (χ0) is 16.5. The number of rotatable bonds is 2. The van der Waals surface area contributed by atoms with Gasteiger partial charge in [0.2, 0.25) is 0 Å². The fraction of sp³-hybridized carbons (Fsp3) is 0.562. The van der Waals surface area contributed by atoms with Gasteiger partial charge < -0.3 is 15.4 Å². The largest absolute Gasteiger partial charge is 0.444 e. The van der Waals surface area contributed by atoms with Gasteiger partial charge in [-0.25, -0.2) is 13.6 Å². The summed E-state index contributed by atoms with van der Waals surface area (Å²) >= 11 is 0. The lowest BCUT2D eigenvalue weighted by Crippen LogP contribution is -2.36. The fourth-order valence-electron chi connectivity index (χ4n) is 2.61. The number of nitrogens with zero attached hydrogens (tertiary/aromatic N) is 1. The van der Waals surface area contributed by atoms with E-state index in [0.29, 0.717) is 25.1 Å². The Hall–Kier alpha value is -1.69. The molecular weight excluding hydrogens is 290 g/mol. The number of carbonyl (C=O) groups excluding carboxylic acids is 1. The van der Waals surface area contributed by atoms with Crippen LogP contribution in [0.4, 0.5) is 13.6 Å². The molecule has 0 spiro atoms. The van der Waals surface area contributed by atoms with Crippen molar-refractivity contribution >= 4 is 6.09 Å². The van der Waals surface area contributed by atoms with Gasteiger partial charge in [-0.3, -0.25) is 0 Å².